The topological polar surface area (TPSA) is 69.2 Å². The molecule has 0 saturated carbocycles. The van der Waals surface area contributed by atoms with Crippen LogP contribution in [0, 0.1) is 12.3 Å². The molecule has 1 saturated heterocycles. The summed E-state index contributed by atoms with van der Waals surface area (Å²) < 4.78 is 17.5. The SMILES string of the molecule is C#CCOc1c(CC=C)cc(/C=N\NC(=O)COc2ccc(C3SCCS3)cc2)cc1OCC. The number of hydrogen-bond donors (Lipinski definition) is 1. The van der Waals surface area contributed by atoms with Gasteiger partial charge in [0.2, 0.25) is 0 Å². The second-order valence-corrected chi connectivity index (χ2v) is 9.87. The maximum atomic E-state index is 12.2. The van der Waals surface area contributed by atoms with Crippen LogP contribution in [-0.2, 0) is 11.2 Å². The van der Waals surface area contributed by atoms with Crippen LogP contribution in [0.3, 0.4) is 0 Å². The molecule has 8 heteroatoms. The van der Waals surface area contributed by atoms with Gasteiger partial charge in [-0.25, -0.2) is 5.43 Å². The van der Waals surface area contributed by atoms with E-state index in [-0.39, 0.29) is 19.1 Å². The number of nitrogens with zero attached hydrogens (tertiary/aromatic N) is 1. The van der Waals surface area contributed by atoms with Crippen molar-refractivity contribution in [3.8, 4) is 29.6 Å². The monoisotopic (exact) mass is 496 g/mol. The Kier molecular flexibility index (Phi) is 10.3. The minimum atomic E-state index is -0.354. The average molecular weight is 497 g/mol. The van der Waals surface area contributed by atoms with Crippen LogP contribution < -0.4 is 19.6 Å². The molecule has 0 unspecified atom stereocenters. The van der Waals surface area contributed by atoms with Crippen LogP contribution in [0.1, 0.15) is 28.2 Å². The molecule has 1 N–H and O–H groups in total. The van der Waals surface area contributed by atoms with E-state index in [0.717, 1.165) is 11.1 Å². The van der Waals surface area contributed by atoms with Gasteiger partial charge in [0, 0.05) is 17.1 Å². The molecule has 178 valence electrons. The molecule has 3 rings (SSSR count). The van der Waals surface area contributed by atoms with Gasteiger partial charge in [-0.3, -0.25) is 4.79 Å². The van der Waals surface area contributed by atoms with E-state index in [1.807, 2.05) is 48.6 Å². The first-order valence-corrected chi connectivity index (χ1v) is 13.0. The van der Waals surface area contributed by atoms with E-state index in [1.165, 1.54) is 17.1 Å². The first-order chi connectivity index (χ1) is 16.6. The van der Waals surface area contributed by atoms with Crippen molar-refractivity contribution in [2.45, 2.75) is 17.9 Å². The Bertz CT molecular complexity index is 1040. The number of allylic oxidation sites excluding steroid dienone is 1. The van der Waals surface area contributed by atoms with Crippen LogP contribution in [0.4, 0.5) is 0 Å². The van der Waals surface area contributed by atoms with Gasteiger partial charge in [0.15, 0.2) is 18.1 Å². The Hall–Kier alpha value is -3.02. The summed E-state index contributed by atoms with van der Waals surface area (Å²) in [5.74, 6) is 6.27. The standard InChI is InChI=1S/C26H28N2O4S2/c1-4-7-21-15-19(16-23(30-6-3)25(21)31-12-5-2)17-27-28-24(29)18-32-22-10-8-20(9-11-22)26-33-13-14-34-26/h2,4,8-11,15-17,26H,1,6-7,12-14,18H2,3H3,(H,28,29)/b27-17-. The summed E-state index contributed by atoms with van der Waals surface area (Å²) in [6.07, 6.45) is 9.22. The number of rotatable bonds is 12. The lowest BCUT2D eigenvalue weighted by Gasteiger charge is -2.15. The Labute approximate surface area is 209 Å². The van der Waals surface area contributed by atoms with Crippen LogP contribution in [0.5, 0.6) is 17.2 Å². The van der Waals surface area contributed by atoms with Crippen molar-refractivity contribution in [2.75, 3.05) is 31.3 Å². The number of nitrogens with one attached hydrogen (secondary N) is 1. The third kappa shape index (κ3) is 7.51. The summed E-state index contributed by atoms with van der Waals surface area (Å²) in [6.45, 7) is 6.15. The van der Waals surface area contributed by atoms with Crippen LogP contribution in [-0.4, -0.2) is 43.4 Å². The summed E-state index contributed by atoms with van der Waals surface area (Å²) in [5, 5.41) is 4.05. The van der Waals surface area contributed by atoms with Crippen molar-refractivity contribution in [3.05, 3.63) is 65.7 Å². The minimum Gasteiger partial charge on any atom is -0.490 e. The minimum absolute atomic E-state index is 0.131. The molecular weight excluding hydrogens is 468 g/mol. The fourth-order valence-corrected chi connectivity index (χ4v) is 6.10. The van der Waals surface area contributed by atoms with E-state index in [0.29, 0.717) is 34.9 Å². The highest BCUT2D eigenvalue weighted by atomic mass is 32.2. The molecule has 6 nitrogen and oxygen atoms in total. The van der Waals surface area contributed by atoms with Gasteiger partial charge >= 0.3 is 0 Å². The van der Waals surface area contributed by atoms with Gasteiger partial charge < -0.3 is 14.2 Å². The van der Waals surface area contributed by atoms with E-state index in [4.69, 9.17) is 20.6 Å². The molecule has 1 fully saturated rings. The van der Waals surface area contributed by atoms with Gasteiger partial charge in [-0.05, 0) is 48.7 Å². The van der Waals surface area contributed by atoms with Crippen molar-refractivity contribution in [2.24, 2.45) is 5.10 Å². The van der Waals surface area contributed by atoms with Crippen molar-refractivity contribution >= 4 is 35.6 Å². The van der Waals surface area contributed by atoms with Crippen LogP contribution in [0.15, 0.2) is 54.2 Å². The molecule has 0 bridgehead atoms. The number of hydrazone groups is 1. The van der Waals surface area contributed by atoms with Crippen LogP contribution in [0.2, 0.25) is 0 Å². The van der Waals surface area contributed by atoms with Crippen molar-refractivity contribution in [3.63, 3.8) is 0 Å². The first-order valence-electron chi connectivity index (χ1n) is 10.9. The molecule has 2 aromatic carbocycles. The summed E-state index contributed by atoms with van der Waals surface area (Å²) in [6, 6.07) is 11.6. The second kappa shape index (κ2) is 13.6. The normalized spacial score (nSPS) is 13.4. The Morgan fingerprint density at radius 3 is 2.68 bits per heavy atom. The van der Waals surface area contributed by atoms with E-state index >= 15 is 0 Å². The molecule has 0 aromatic heterocycles. The summed E-state index contributed by atoms with van der Waals surface area (Å²) >= 11 is 3.90. The van der Waals surface area contributed by atoms with Gasteiger partial charge in [-0.2, -0.15) is 5.10 Å². The predicted molar refractivity (Wildman–Crippen MR) is 141 cm³/mol. The zero-order chi connectivity index (χ0) is 24.2. The van der Waals surface area contributed by atoms with Gasteiger partial charge in [0.05, 0.1) is 17.4 Å². The molecule has 0 atom stereocenters. The molecule has 0 spiro atoms. The number of carbonyl (C=O) groups excluding carboxylic acids is 1. The van der Waals surface area contributed by atoms with E-state index in [9.17, 15) is 4.79 Å². The summed E-state index contributed by atoms with van der Waals surface area (Å²) in [7, 11) is 0. The molecule has 1 heterocycles. The number of benzene rings is 2. The predicted octanol–water partition coefficient (Wildman–Crippen LogP) is 4.83. The fourth-order valence-electron chi connectivity index (χ4n) is 3.24. The number of hydrogen-bond acceptors (Lipinski definition) is 7. The number of terminal acetylenes is 1. The zero-order valence-electron chi connectivity index (χ0n) is 19.1. The number of ether oxygens (including phenoxy) is 3. The molecular formula is C26H28N2O4S2. The molecule has 1 aliphatic rings. The highest BCUT2D eigenvalue weighted by Gasteiger charge is 2.18. The Morgan fingerprint density at radius 2 is 2.00 bits per heavy atom. The van der Waals surface area contributed by atoms with Gasteiger partial charge in [0.1, 0.15) is 12.4 Å². The third-order valence-electron chi connectivity index (χ3n) is 4.66. The first kappa shape index (κ1) is 25.6. The molecule has 34 heavy (non-hydrogen) atoms. The number of carbonyl (C=O) groups is 1. The van der Waals surface area contributed by atoms with Crippen molar-refractivity contribution in [1.29, 1.82) is 0 Å². The summed E-state index contributed by atoms with van der Waals surface area (Å²) in [5.41, 5.74) is 5.37. The Morgan fingerprint density at radius 1 is 1.24 bits per heavy atom. The third-order valence-corrected chi connectivity index (χ3v) is 7.77. The van der Waals surface area contributed by atoms with E-state index < -0.39 is 0 Å². The average Bonchev–Trinajstić information content (AvgIpc) is 3.38. The van der Waals surface area contributed by atoms with Crippen molar-refractivity contribution in [1.82, 2.24) is 5.43 Å². The highest BCUT2D eigenvalue weighted by molar-refractivity contribution is 8.19. The van der Waals surface area contributed by atoms with Crippen molar-refractivity contribution < 1.29 is 19.0 Å². The highest BCUT2D eigenvalue weighted by Crippen LogP contribution is 2.45. The Balaban J connectivity index is 1.57. The van der Waals surface area contributed by atoms with Gasteiger partial charge in [-0.1, -0.05) is 24.1 Å². The molecule has 1 aliphatic heterocycles. The fraction of sp³-hybridized carbons (Fsp3) is 0.308. The van der Waals surface area contributed by atoms with Gasteiger partial charge in [-0.15, -0.1) is 36.5 Å². The lowest BCUT2D eigenvalue weighted by atomic mass is 10.1. The summed E-state index contributed by atoms with van der Waals surface area (Å²) in [4.78, 5) is 12.2. The molecule has 1 amide bonds. The van der Waals surface area contributed by atoms with Crippen LogP contribution >= 0.6 is 23.5 Å². The molecule has 2 aromatic rings. The lowest BCUT2D eigenvalue weighted by Crippen LogP contribution is -2.24. The maximum Gasteiger partial charge on any atom is 0.277 e. The smallest absolute Gasteiger partial charge is 0.277 e. The number of amides is 1. The molecule has 0 radical (unpaired) electrons. The molecule has 0 aliphatic carbocycles. The second-order valence-electron chi connectivity index (χ2n) is 7.15. The van der Waals surface area contributed by atoms with Gasteiger partial charge in [0.25, 0.3) is 5.91 Å². The maximum absolute atomic E-state index is 12.2. The largest absolute Gasteiger partial charge is 0.490 e. The van der Waals surface area contributed by atoms with E-state index in [2.05, 4.69) is 35.2 Å². The lowest BCUT2D eigenvalue weighted by molar-refractivity contribution is -0.123. The number of thioether (sulfide) groups is 2. The zero-order valence-corrected chi connectivity index (χ0v) is 20.8. The van der Waals surface area contributed by atoms with E-state index in [1.54, 1.807) is 18.4 Å². The quantitative estimate of drug-likeness (QED) is 0.196. The van der Waals surface area contributed by atoms with Crippen LogP contribution in [0.25, 0.3) is 0 Å².